The fourth-order valence-electron chi connectivity index (χ4n) is 9.54. The Morgan fingerprint density at radius 1 is 0.731 bits per heavy atom. The van der Waals surface area contributed by atoms with E-state index in [1.54, 1.807) is 37.8 Å². The number of hydrogen-bond acceptors (Lipinski definition) is 10. The summed E-state index contributed by atoms with van der Waals surface area (Å²) in [5, 5.41) is 12.3. The van der Waals surface area contributed by atoms with Gasteiger partial charge in [-0.25, -0.2) is 8.78 Å². The van der Waals surface area contributed by atoms with Crippen molar-refractivity contribution in [2.75, 3.05) is 20.1 Å². The minimum Gasteiger partial charge on any atom is -0.461 e. The Labute approximate surface area is 394 Å². The van der Waals surface area contributed by atoms with Gasteiger partial charge >= 0.3 is 11.9 Å². The van der Waals surface area contributed by atoms with Crippen LogP contribution in [0, 0.1) is 11.6 Å². The Bertz CT molecular complexity index is 2440. The average Bonchev–Trinajstić information content (AvgIpc) is 4.02. The minimum atomic E-state index is -2.61. The molecule has 0 unspecified atom stereocenters. The second kappa shape index (κ2) is 21.0. The van der Waals surface area contributed by atoms with Crippen LogP contribution in [-0.4, -0.2) is 129 Å². The van der Waals surface area contributed by atoms with E-state index in [1.807, 2.05) is 20.8 Å². The van der Waals surface area contributed by atoms with E-state index in [4.69, 9.17) is 13.6 Å². The number of H-pyrrole nitrogens is 2. The van der Waals surface area contributed by atoms with Crippen molar-refractivity contribution in [3.63, 3.8) is 0 Å². The molecular formula is C49H66F2N8O8. The quantitative estimate of drug-likeness (QED) is 0.0789. The van der Waals surface area contributed by atoms with Crippen LogP contribution in [0.15, 0.2) is 36.4 Å². The van der Waals surface area contributed by atoms with Gasteiger partial charge < -0.3 is 50.5 Å². The van der Waals surface area contributed by atoms with E-state index in [-0.39, 0.29) is 69.0 Å². The van der Waals surface area contributed by atoms with Gasteiger partial charge in [0.05, 0.1) is 36.6 Å². The molecule has 4 aromatic rings. The van der Waals surface area contributed by atoms with Crippen molar-refractivity contribution >= 4 is 57.4 Å². The summed E-state index contributed by atoms with van der Waals surface area (Å²) < 4.78 is 64.0. The van der Waals surface area contributed by atoms with Crippen LogP contribution in [0.1, 0.15) is 103 Å². The highest BCUT2D eigenvalue weighted by molar-refractivity contribution is 5.97. The van der Waals surface area contributed by atoms with Gasteiger partial charge in [0.1, 0.15) is 35.9 Å². The van der Waals surface area contributed by atoms with Gasteiger partial charge in [-0.15, -0.1) is 0 Å². The largest absolute Gasteiger partial charge is 0.461 e. The third-order valence-electron chi connectivity index (χ3n) is 12.5. The zero-order valence-corrected chi connectivity index (χ0v) is 39.7. The lowest BCUT2D eigenvalue weighted by atomic mass is 9.94. The maximum Gasteiger partial charge on any atom is 0.302 e. The van der Waals surface area contributed by atoms with Crippen LogP contribution in [0.2, 0.25) is 0 Å². The second-order valence-corrected chi connectivity index (χ2v) is 18.9. The molecule has 2 fully saturated rings. The van der Waals surface area contributed by atoms with Gasteiger partial charge in [-0.2, -0.15) is 0 Å². The molecule has 0 radical (unpaired) electrons. The van der Waals surface area contributed by atoms with Crippen molar-refractivity contribution in [1.29, 1.82) is 0 Å². The first kappa shape index (κ1) is 46.2. The molecule has 2 aromatic carbocycles. The van der Waals surface area contributed by atoms with Gasteiger partial charge in [0, 0.05) is 70.2 Å². The summed E-state index contributed by atoms with van der Waals surface area (Å²) in [5.41, 5.74) is 2.70. The van der Waals surface area contributed by atoms with E-state index in [2.05, 4.69) is 31.2 Å². The number of rotatable bonds is 17. The van der Waals surface area contributed by atoms with Crippen LogP contribution >= 0.6 is 0 Å². The fraction of sp³-hybridized carbons (Fsp3) is 0.551. The molecule has 364 valence electrons. The number of fused-ring (bicyclic) bond motifs is 2. The summed E-state index contributed by atoms with van der Waals surface area (Å²) in [6.45, 7) is 12.4. The Balaban J connectivity index is 1.41. The third kappa shape index (κ3) is 11.8. The van der Waals surface area contributed by atoms with Crippen LogP contribution in [0.25, 0.3) is 33.2 Å². The van der Waals surface area contributed by atoms with Crippen LogP contribution in [0.5, 0.6) is 0 Å². The molecule has 16 nitrogen and oxygen atoms in total. The predicted octanol–water partition coefficient (Wildman–Crippen LogP) is 4.92. The number of hydrogen-bond donors (Lipinski definition) is 6. The number of carbonyl (C=O) groups is 6. The number of benzene rings is 2. The van der Waals surface area contributed by atoms with E-state index in [1.165, 1.54) is 49.9 Å². The van der Waals surface area contributed by atoms with Gasteiger partial charge in [0.15, 0.2) is 0 Å². The van der Waals surface area contributed by atoms with Crippen molar-refractivity contribution in [2.45, 2.75) is 155 Å². The number of nitrogens with zero attached hydrogens (tertiary/aromatic N) is 2. The third-order valence-corrected chi connectivity index (χ3v) is 12.5. The molecule has 0 bridgehead atoms. The monoisotopic (exact) mass is 936 g/mol. The number of ether oxygens (including phenoxy) is 2. The molecule has 67 heavy (non-hydrogen) atoms. The number of halogens is 2. The Hall–Kier alpha value is -5.88. The first-order valence-electron chi connectivity index (χ1n) is 24.5. The number of esters is 2. The summed E-state index contributed by atoms with van der Waals surface area (Å²) >= 11 is 0. The molecule has 2 aromatic heterocycles. The Morgan fingerprint density at radius 2 is 1.15 bits per heavy atom. The van der Waals surface area contributed by atoms with Gasteiger partial charge in [-0.05, 0) is 115 Å². The molecule has 0 spiro atoms. The first-order valence-corrected chi connectivity index (χ1v) is 23.0. The topological polar surface area (TPSA) is 207 Å². The average molecular weight is 936 g/mol. The molecule has 0 saturated carbocycles. The summed E-state index contributed by atoms with van der Waals surface area (Å²) in [4.78, 5) is 90.2. The highest BCUT2D eigenvalue weighted by Crippen LogP contribution is 2.40. The lowest BCUT2D eigenvalue weighted by molar-refractivity contribution is -0.147. The predicted molar refractivity (Wildman–Crippen MR) is 250 cm³/mol. The summed E-state index contributed by atoms with van der Waals surface area (Å²) in [6, 6.07) is 3.53. The highest BCUT2D eigenvalue weighted by Gasteiger charge is 2.43. The van der Waals surface area contributed by atoms with E-state index in [0.717, 1.165) is 0 Å². The molecule has 6 N–H and O–H groups in total. The van der Waals surface area contributed by atoms with E-state index in [0.29, 0.717) is 44.3 Å². The molecule has 4 amide bonds. The molecular weight excluding hydrogens is 867 g/mol. The number of nitrogens with one attached hydrogen (secondary N) is 6. The number of amides is 4. The molecule has 18 heteroatoms. The number of aromatic nitrogens is 2. The smallest absolute Gasteiger partial charge is 0.302 e. The normalized spacial score (nSPS) is 21.3. The van der Waals surface area contributed by atoms with Gasteiger partial charge in [-0.3, -0.25) is 28.8 Å². The fourth-order valence-corrected chi connectivity index (χ4v) is 9.54. The Kier molecular flexibility index (Phi) is 14.5. The maximum atomic E-state index is 15.1. The number of carbonyl (C=O) groups excluding carboxylic acids is 6. The van der Waals surface area contributed by atoms with Crippen LogP contribution in [-0.2, 0) is 51.1 Å². The zero-order chi connectivity index (χ0) is 51.6. The molecule has 0 aliphatic carbocycles. The van der Waals surface area contributed by atoms with Crippen LogP contribution in [0.4, 0.5) is 8.78 Å². The van der Waals surface area contributed by atoms with E-state index < -0.39 is 90.8 Å². The minimum absolute atomic E-state index is 0.0119. The Morgan fingerprint density at radius 3 is 1.52 bits per heavy atom. The summed E-state index contributed by atoms with van der Waals surface area (Å²) in [6.07, 6.45) is -0.253. The van der Waals surface area contributed by atoms with E-state index >= 15 is 8.78 Å². The lowest BCUT2D eigenvalue weighted by Crippen LogP contribution is -2.56. The molecule has 4 heterocycles. The van der Waals surface area contributed by atoms with Crippen molar-refractivity contribution in [3.8, 4) is 11.4 Å². The molecule has 2 saturated heterocycles. The molecule has 8 atom stereocenters. The number of likely N-dealkylation sites (N-methyl/N-ethyl adjacent to an activating group) is 1. The molecule has 2 aliphatic rings. The second-order valence-electron chi connectivity index (χ2n) is 18.9. The van der Waals surface area contributed by atoms with E-state index in [9.17, 15) is 28.8 Å². The van der Waals surface area contributed by atoms with Gasteiger partial charge in [-0.1, -0.05) is 13.8 Å². The maximum absolute atomic E-state index is 15.1. The SMILES string of the molecule is [2H]C([2H])([2H])N[C@@H](C)C(=O)N[C@@H](CC)C(=O)N1C[C@@H](OC(C)=O)C[C@H]1Cc1c(-c2[nH]c3cc(F)ccc3c2C[C@@H]2C[C@H](OC(C)=O)CN2C(=O)[C@H](CC)NC(=O)[C@H](C)NC(C)(C)C)[nH]c2cc(F)ccc12. The zero-order valence-electron chi connectivity index (χ0n) is 42.7. The number of likely N-dealkylation sites (tertiary alicyclic amines) is 2. The summed E-state index contributed by atoms with van der Waals surface area (Å²) in [7, 11) is 0. The van der Waals surface area contributed by atoms with Crippen molar-refractivity contribution in [3.05, 3.63) is 59.2 Å². The lowest BCUT2D eigenvalue weighted by Gasteiger charge is -2.31. The van der Waals surface area contributed by atoms with Crippen molar-refractivity contribution in [2.24, 2.45) is 0 Å². The van der Waals surface area contributed by atoms with Crippen LogP contribution in [0.3, 0.4) is 0 Å². The standard InChI is InChI=1S/C49H66F2N8O8/c1-11-39(55-45(62)25(3)52-10)47(64)58-23-33(66-27(5)60)19-31(58)21-37-35-15-13-29(50)17-41(35)53-43(37)44-38(36-16-14-30(51)18-42(36)54-44)22-32-20-34(67-28(6)61)24-59(32)48(65)40(12-2)56-46(63)26(4)57-49(7,8)9/h13-18,25-26,31-34,39-40,52-54,57H,11-12,19-24H2,1-10H3,(H,55,62)(H,56,63)/t25-,26-,31-,32-,33-,34-,39-,40-/m0/s1/i10D3. The summed E-state index contributed by atoms with van der Waals surface area (Å²) in [5.74, 6) is -4.05. The van der Waals surface area contributed by atoms with Gasteiger partial charge in [0.25, 0.3) is 0 Å². The highest BCUT2D eigenvalue weighted by atomic mass is 19.1. The number of aromatic amines is 2. The first-order chi connectivity index (χ1) is 32.7. The van der Waals surface area contributed by atoms with Gasteiger partial charge in [0.2, 0.25) is 23.6 Å². The molecule has 6 rings (SSSR count). The molecule has 2 aliphatic heterocycles. The van der Waals surface area contributed by atoms with Crippen LogP contribution < -0.4 is 21.3 Å². The van der Waals surface area contributed by atoms with Crippen molar-refractivity contribution in [1.82, 2.24) is 41.0 Å². The van der Waals surface area contributed by atoms with Crippen molar-refractivity contribution < 1.29 is 51.1 Å².